The van der Waals surface area contributed by atoms with Crippen LogP contribution in [0, 0.1) is 0 Å². The van der Waals surface area contributed by atoms with Gasteiger partial charge in [0.1, 0.15) is 5.76 Å². The van der Waals surface area contributed by atoms with Crippen molar-refractivity contribution in [3.05, 3.63) is 39.7 Å². The van der Waals surface area contributed by atoms with E-state index < -0.39 is 0 Å². The number of fused-ring (bicyclic) bond motifs is 1. The Balaban J connectivity index is 1.62. The normalized spacial score (nSPS) is 17.8. The molecule has 0 saturated carbocycles. The molecule has 0 radical (unpaired) electrons. The van der Waals surface area contributed by atoms with E-state index in [-0.39, 0.29) is 11.9 Å². The lowest BCUT2D eigenvalue weighted by atomic mass is 9.93. The summed E-state index contributed by atoms with van der Waals surface area (Å²) in [5.41, 5.74) is 2.00. The van der Waals surface area contributed by atoms with Gasteiger partial charge in [-0.3, -0.25) is 4.79 Å². The molecule has 0 spiro atoms. The Labute approximate surface area is 128 Å². The number of aryl methyl sites for hydroxylation is 1. The van der Waals surface area contributed by atoms with Crippen molar-refractivity contribution in [2.75, 3.05) is 0 Å². The van der Waals surface area contributed by atoms with Gasteiger partial charge in [-0.15, -0.1) is 11.3 Å². The number of furan rings is 1. The van der Waals surface area contributed by atoms with Gasteiger partial charge in [-0.05, 0) is 18.9 Å². The highest BCUT2D eigenvalue weighted by Gasteiger charge is 2.24. The summed E-state index contributed by atoms with van der Waals surface area (Å²) in [5.74, 6) is 1.47. The Morgan fingerprint density at radius 3 is 3.19 bits per heavy atom. The van der Waals surface area contributed by atoms with Gasteiger partial charge in [-0.25, -0.2) is 4.98 Å². The molecule has 0 bridgehead atoms. The fourth-order valence-corrected chi connectivity index (χ4v) is 3.55. The highest BCUT2D eigenvalue weighted by Crippen LogP contribution is 2.30. The summed E-state index contributed by atoms with van der Waals surface area (Å²) in [6.07, 6.45) is 5.07. The molecule has 5 heteroatoms. The molecule has 1 atom stereocenters. The van der Waals surface area contributed by atoms with Crippen LogP contribution in [-0.4, -0.2) is 10.9 Å². The molecule has 2 aromatic rings. The van der Waals surface area contributed by atoms with Crippen LogP contribution in [0.2, 0.25) is 0 Å². The number of aromatic nitrogens is 1. The maximum Gasteiger partial charge on any atom is 0.226 e. The molecule has 1 amide bonds. The van der Waals surface area contributed by atoms with Gasteiger partial charge in [0.15, 0.2) is 0 Å². The molecule has 1 N–H and O–H groups in total. The van der Waals surface area contributed by atoms with E-state index >= 15 is 0 Å². The lowest BCUT2D eigenvalue weighted by Gasteiger charge is -2.22. The fourth-order valence-electron chi connectivity index (χ4n) is 2.72. The minimum absolute atomic E-state index is 0.0367. The lowest BCUT2D eigenvalue weighted by molar-refractivity contribution is -0.121. The predicted octanol–water partition coefficient (Wildman–Crippen LogP) is 3.60. The predicted molar refractivity (Wildman–Crippen MR) is 82.4 cm³/mol. The van der Waals surface area contributed by atoms with E-state index in [1.807, 2.05) is 11.4 Å². The third kappa shape index (κ3) is 3.18. The zero-order valence-corrected chi connectivity index (χ0v) is 13.2. The number of amides is 1. The number of nitrogens with zero attached hydrogens (tertiary/aromatic N) is 1. The van der Waals surface area contributed by atoms with Gasteiger partial charge in [0, 0.05) is 23.3 Å². The van der Waals surface area contributed by atoms with Crippen LogP contribution in [0.4, 0.5) is 0 Å². The molecule has 0 saturated heterocycles. The molecule has 1 unspecified atom stereocenters. The van der Waals surface area contributed by atoms with E-state index in [2.05, 4.69) is 24.1 Å². The second-order valence-corrected chi connectivity index (χ2v) is 6.71. The Morgan fingerprint density at radius 1 is 1.57 bits per heavy atom. The maximum atomic E-state index is 12.2. The Hall–Kier alpha value is -1.62. The molecule has 2 heterocycles. The van der Waals surface area contributed by atoms with E-state index in [1.54, 1.807) is 17.6 Å². The van der Waals surface area contributed by atoms with Crippen molar-refractivity contribution in [3.63, 3.8) is 0 Å². The number of carbonyl (C=O) groups is 1. The summed E-state index contributed by atoms with van der Waals surface area (Å²) in [6, 6.07) is 2.06. The monoisotopic (exact) mass is 304 g/mol. The molecule has 2 aromatic heterocycles. The standard InChI is InChI=1S/C16H20N2O2S/c1-10(2)16-17-11(9-21-16)8-15(19)18-13-4-3-5-14-12(13)6-7-20-14/h6-7,9-10,13H,3-5,8H2,1-2H3,(H,18,19). The van der Waals surface area contributed by atoms with Crippen molar-refractivity contribution in [1.29, 1.82) is 0 Å². The molecule has 1 aliphatic rings. The number of thiazole rings is 1. The van der Waals surface area contributed by atoms with Crippen molar-refractivity contribution in [3.8, 4) is 0 Å². The minimum atomic E-state index is 0.0367. The molecule has 3 rings (SSSR count). The zero-order valence-electron chi connectivity index (χ0n) is 12.4. The SMILES string of the molecule is CC(C)c1nc(CC(=O)NC2CCCc3occc32)cs1. The van der Waals surface area contributed by atoms with Gasteiger partial charge in [0.2, 0.25) is 5.91 Å². The summed E-state index contributed by atoms with van der Waals surface area (Å²) in [7, 11) is 0. The van der Waals surface area contributed by atoms with E-state index in [0.717, 1.165) is 41.3 Å². The van der Waals surface area contributed by atoms with Crippen LogP contribution in [0.3, 0.4) is 0 Å². The first kappa shape index (κ1) is 14.3. The summed E-state index contributed by atoms with van der Waals surface area (Å²) in [6.45, 7) is 4.23. The molecule has 0 aromatic carbocycles. The lowest BCUT2D eigenvalue weighted by Crippen LogP contribution is -2.31. The van der Waals surface area contributed by atoms with Crippen LogP contribution in [0.1, 0.15) is 60.7 Å². The number of hydrogen-bond acceptors (Lipinski definition) is 4. The van der Waals surface area contributed by atoms with Crippen LogP contribution >= 0.6 is 11.3 Å². The third-order valence-corrected chi connectivity index (χ3v) is 4.99. The van der Waals surface area contributed by atoms with Gasteiger partial charge in [-0.1, -0.05) is 13.8 Å². The Bertz CT molecular complexity index is 630. The first-order valence-corrected chi connectivity index (χ1v) is 8.31. The van der Waals surface area contributed by atoms with E-state index in [9.17, 15) is 4.79 Å². The van der Waals surface area contributed by atoms with E-state index in [4.69, 9.17) is 4.42 Å². The van der Waals surface area contributed by atoms with Gasteiger partial charge in [0.05, 0.1) is 29.4 Å². The largest absolute Gasteiger partial charge is 0.469 e. The fraction of sp³-hybridized carbons (Fsp3) is 0.500. The highest BCUT2D eigenvalue weighted by atomic mass is 32.1. The molecule has 4 nitrogen and oxygen atoms in total. The minimum Gasteiger partial charge on any atom is -0.469 e. The number of nitrogens with one attached hydrogen (secondary N) is 1. The summed E-state index contributed by atoms with van der Waals surface area (Å²) < 4.78 is 5.45. The Kier molecular flexibility index (Phi) is 4.10. The number of rotatable bonds is 4. The van der Waals surface area contributed by atoms with Crippen molar-refractivity contribution < 1.29 is 9.21 Å². The van der Waals surface area contributed by atoms with Crippen LogP contribution in [0.15, 0.2) is 22.1 Å². The van der Waals surface area contributed by atoms with Gasteiger partial charge in [-0.2, -0.15) is 0 Å². The quantitative estimate of drug-likeness (QED) is 0.939. The molecular formula is C16H20N2O2S. The number of carbonyl (C=O) groups excluding carboxylic acids is 1. The average Bonchev–Trinajstić information content (AvgIpc) is 3.07. The van der Waals surface area contributed by atoms with Crippen molar-refractivity contribution in [2.24, 2.45) is 0 Å². The highest BCUT2D eigenvalue weighted by molar-refractivity contribution is 7.09. The van der Waals surface area contributed by atoms with Crippen molar-refractivity contribution in [1.82, 2.24) is 10.3 Å². The van der Waals surface area contributed by atoms with E-state index in [1.165, 1.54) is 0 Å². The van der Waals surface area contributed by atoms with Crippen molar-refractivity contribution >= 4 is 17.2 Å². The summed E-state index contributed by atoms with van der Waals surface area (Å²) >= 11 is 1.63. The molecule has 112 valence electrons. The van der Waals surface area contributed by atoms with Crippen LogP contribution in [0.5, 0.6) is 0 Å². The van der Waals surface area contributed by atoms with Gasteiger partial charge >= 0.3 is 0 Å². The molecule has 0 aliphatic heterocycles. The van der Waals surface area contributed by atoms with Crippen molar-refractivity contribution in [2.45, 2.75) is 51.5 Å². The average molecular weight is 304 g/mol. The van der Waals surface area contributed by atoms with E-state index in [0.29, 0.717) is 12.3 Å². The maximum absolute atomic E-state index is 12.2. The molecular weight excluding hydrogens is 284 g/mol. The van der Waals surface area contributed by atoms with Crippen LogP contribution in [0.25, 0.3) is 0 Å². The van der Waals surface area contributed by atoms with Crippen LogP contribution in [-0.2, 0) is 17.6 Å². The molecule has 1 aliphatic carbocycles. The van der Waals surface area contributed by atoms with Gasteiger partial charge in [0.25, 0.3) is 0 Å². The second kappa shape index (κ2) is 6.02. The second-order valence-electron chi connectivity index (χ2n) is 5.82. The smallest absolute Gasteiger partial charge is 0.226 e. The third-order valence-electron chi connectivity index (χ3n) is 3.79. The summed E-state index contributed by atoms with van der Waals surface area (Å²) in [4.78, 5) is 16.7. The summed E-state index contributed by atoms with van der Waals surface area (Å²) in [5, 5.41) is 6.19. The van der Waals surface area contributed by atoms with Crippen LogP contribution < -0.4 is 5.32 Å². The first-order valence-electron chi connectivity index (χ1n) is 7.43. The molecule has 21 heavy (non-hydrogen) atoms. The molecule has 0 fully saturated rings. The topological polar surface area (TPSA) is 55.1 Å². The Morgan fingerprint density at radius 2 is 2.43 bits per heavy atom. The zero-order chi connectivity index (χ0) is 14.8. The van der Waals surface area contributed by atoms with Gasteiger partial charge < -0.3 is 9.73 Å². The first-order chi connectivity index (χ1) is 10.1. The number of hydrogen-bond donors (Lipinski definition) is 1.